The van der Waals surface area contributed by atoms with Crippen molar-refractivity contribution >= 4 is 39.8 Å². The van der Waals surface area contributed by atoms with E-state index >= 15 is 0 Å². The number of methoxy groups -OCH3 is 2. The van der Waals surface area contributed by atoms with Crippen LogP contribution in [-0.4, -0.2) is 94.6 Å². The molecule has 0 unspecified atom stereocenters. The first-order valence-corrected chi connectivity index (χ1v) is 16.3. The van der Waals surface area contributed by atoms with Gasteiger partial charge in [0.25, 0.3) is 0 Å². The van der Waals surface area contributed by atoms with Crippen molar-refractivity contribution in [2.45, 2.75) is 103 Å². The average molecular weight is 698 g/mol. The molecule has 2 aliphatic carbocycles. The van der Waals surface area contributed by atoms with Crippen LogP contribution in [-0.2, 0) is 57.1 Å². The minimum atomic E-state index is -0.620. The Balaban J connectivity index is 0.000000367. The lowest BCUT2D eigenvalue weighted by atomic mass is 9.69. The van der Waals surface area contributed by atoms with E-state index in [0.29, 0.717) is 83.5 Å². The number of hydrogen-bond acceptors (Lipinski definition) is 12. The first-order valence-electron chi connectivity index (χ1n) is 15.2. The second-order valence-electron chi connectivity index (χ2n) is 10.8. The molecule has 0 aromatic carbocycles. The molecule has 13 heteroatoms. The zero-order valence-corrected chi connectivity index (χ0v) is 27.7. The van der Waals surface area contributed by atoms with Crippen LogP contribution in [0.1, 0.15) is 91.9 Å². The zero-order chi connectivity index (χ0) is 31.8. The van der Waals surface area contributed by atoms with Crippen LogP contribution in [0, 0.1) is 11.3 Å². The van der Waals surface area contributed by atoms with Crippen molar-refractivity contribution in [1.82, 2.24) is 0 Å². The number of carbonyl (C=O) groups excluding carboxylic acids is 4. The van der Waals surface area contributed by atoms with Gasteiger partial charge in [-0.15, -0.1) is 0 Å². The number of alkyl halides is 1. The SMILES string of the molecule is C.CCOC(=O)C1(CCC(=O)OC)CCC2(CC1)OCCO2.CCOC(=O)C1CCC2(CC1)OCCO2.COC(=O)CCBr. The summed E-state index contributed by atoms with van der Waals surface area (Å²) in [5.41, 5.74) is -0.620. The van der Waals surface area contributed by atoms with Crippen LogP contribution in [0.2, 0.25) is 0 Å². The molecular formula is C31H53BrO12. The van der Waals surface area contributed by atoms with E-state index in [1.54, 1.807) is 6.92 Å². The molecule has 4 fully saturated rings. The first kappa shape index (κ1) is 40.2. The van der Waals surface area contributed by atoms with Gasteiger partial charge in [0.2, 0.25) is 0 Å². The number of carbonyl (C=O) groups is 4. The fourth-order valence-electron chi connectivity index (χ4n) is 5.70. The van der Waals surface area contributed by atoms with Crippen LogP contribution in [0.5, 0.6) is 0 Å². The minimum absolute atomic E-state index is 0. The summed E-state index contributed by atoms with van der Waals surface area (Å²) in [5, 5.41) is 0.680. The third kappa shape index (κ3) is 12.2. The Kier molecular flexibility index (Phi) is 18.6. The van der Waals surface area contributed by atoms with E-state index in [1.165, 1.54) is 14.2 Å². The van der Waals surface area contributed by atoms with Crippen molar-refractivity contribution in [3.63, 3.8) is 0 Å². The summed E-state index contributed by atoms with van der Waals surface area (Å²) >= 11 is 3.09. The van der Waals surface area contributed by atoms with E-state index in [0.717, 1.165) is 25.7 Å². The number of ether oxygens (including phenoxy) is 8. The van der Waals surface area contributed by atoms with Gasteiger partial charge in [-0.1, -0.05) is 23.4 Å². The summed E-state index contributed by atoms with van der Waals surface area (Å²) in [7, 11) is 2.74. The molecule has 0 atom stereocenters. The van der Waals surface area contributed by atoms with Gasteiger partial charge < -0.3 is 37.9 Å². The van der Waals surface area contributed by atoms with Crippen molar-refractivity contribution in [2.75, 3.05) is 59.2 Å². The van der Waals surface area contributed by atoms with Gasteiger partial charge in [-0.25, -0.2) is 0 Å². The lowest BCUT2D eigenvalue weighted by Crippen LogP contribution is -2.44. The average Bonchev–Trinajstić information content (AvgIpc) is 3.68. The molecule has 2 saturated heterocycles. The Morgan fingerprint density at radius 3 is 1.57 bits per heavy atom. The number of hydrogen-bond donors (Lipinski definition) is 0. The third-order valence-corrected chi connectivity index (χ3v) is 8.63. The molecule has 44 heavy (non-hydrogen) atoms. The van der Waals surface area contributed by atoms with Crippen molar-refractivity contribution in [3.8, 4) is 0 Å². The van der Waals surface area contributed by atoms with Crippen molar-refractivity contribution in [1.29, 1.82) is 0 Å². The maximum absolute atomic E-state index is 12.4. The summed E-state index contributed by atoms with van der Waals surface area (Å²) in [6.07, 6.45) is 6.95. The van der Waals surface area contributed by atoms with Crippen molar-refractivity contribution in [2.24, 2.45) is 11.3 Å². The summed E-state index contributed by atoms with van der Waals surface area (Å²) in [4.78, 5) is 45.4. The Morgan fingerprint density at radius 2 is 1.16 bits per heavy atom. The monoisotopic (exact) mass is 696 g/mol. The lowest BCUT2D eigenvalue weighted by molar-refractivity contribution is -0.200. The van der Waals surface area contributed by atoms with Crippen LogP contribution < -0.4 is 0 Å². The van der Waals surface area contributed by atoms with Gasteiger partial charge in [0.15, 0.2) is 11.6 Å². The molecule has 2 heterocycles. The predicted octanol–water partition coefficient (Wildman–Crippen LogP) is 4.87. The van der Waals surface area contributed by atoms with Crippen LogP contribution >= 0.6 is 15.9 Å². The molecule has 256 valence electrons. The molecule has 2 aliphatic heterocycles. The van der Waals surface area contributed by atoms with E-state index in [-0.39, 0.29) is 49.4 Å². The van der Waals surface area contributed by atoms with Gasteiger partial charge in [0.1, 0.15) is 0 Å². The highest BCUT2D eigenvalue weighted by Gasteiger charge is 2.50. The zero-order valence-electron chi connectivity index (χ0n) is 26.1. The summed E-state index contributed by atoms with van der Waals surface area (Å²) in [6, 6.07) is 0. The molecule has 4 rings (SSSR count). The van der Waals surface area contributed by atoms with E-state index < -0.39 is 11.2 Å². The highest BCUT2D eigenvalue weighted by molar-refractivity contribution is 9.09. The van der Waals surface area contributed by atoms with Crippen LogP contribution in [0.4, 0.5) is 0 Å². The fourth-order valence-corrected chi connectivity index (χ4v) is 6.02. The molecule has 0 bridgehead atoms. The molecular weight excluding hydrogens is 644 g/mol. The number of esters is 4. The molecule has 4 aliphatic rings. The number of rotatable bonds is 9. The van der Waals surface area contributed by atoms with Gasteiger partial charge in [-0.3, -0.25) is 19.2 Å². The molecule has 0 N–H and O–H groups in total. The van der Waals surface area contributed by atoms with E-state index in [9.17, 15) is 19.2 Å². The van der Waals surface area contributed by atoms with Crippen molar-refractivity contribution in [3.05, 3.63) is 0 Å². The van der Waals surface area contributed by atoms with E-state index in [2.05, 4.69) is 25.4 Å². The van der Waals surface area contributed by atoms with Gasteiger partial charge in [0.05, 0.1) is 71.6 Å². The summed E-state index contributed by atoms with van der Waals surface area (Å²) in [5.74, 6) is -1.61. The largest absolute Gasteiger partial charge is 0.469 e. The predicted molar refractivity (Wildman–Crippen MR) is 164 cm³/mol. The second-order valence-corrected chi connectivity index (χ2v) is 11.6. The molecule has 0 radical (unpaired) electrons. The van der Waals surface area contributed by atoms with Gasteiger partial charge >= 0.3 is 23.9 Å². The molecule has 2 saturated carbocycles. The van der Waals surface area contributed by atoms with Gasteiger partial charge in [-0.05, 0) is 46.0 Å². The Morgan fingerprint density at radius 1 is 0.705 bits per heavy atom. The fraction of sp³-hybridized carbons (Fsp3) is 0.871. The Hall–Kier alpha value is -1.80. The van der Waals surface area contributed by atoms with Crippen LogP contribution in [0.25, 0.3) is 0 Å². The number of halogens is 1. The smallest absolute Gasteiger partial charge is 0.312 e. The Labute approximate surface area is 270 Å². The maximum atomic E-state index is 12.4. The lowest BCUT2D eigenvalue weighted by Gasteiger charge is -2.41. The summed E-state index contributed by atoms with van der Waals surface area (Å²) in [6.45, 7) is 7.02. The molecule has 12 nitrogen and oxygen atoms in total. The topological polar surface area (TPSA) is 142 Å². The molecule has 0 aromatic rings. The highest BCUT2D eigenvalue weighted by Crippen LogP contribution is 2.48. The molecule has 0 aromatic heterocycles. The first-order chi connectivity index (χ1) is 20.6. The minimum Gasteiger partial charge on any atom is -0.469 e. The molecule has 2 spiro atoms. The normalized spacial score (nSPS) is 22.2. The second kappa shape index (κ2) is 20.3. The molecule has 0 amide bonds. The van der Waals surface area contributed by atoms with E-state index in [4.69, 9.17) is 28.4 Å². The third-order valence-electron chi connectivity index (χ3n) is 8.23. The Bertz CT molecular complexity index is 863. The van der Waals surface area contributed by atoms with E-state index in [1.807, 2.05) is 6.92 Å². The quantitative estimate of drug-likeness (QED) is 0.184. The van der Waals surface area contributed by atoms with Gasteiger partial charge in [-0.2, -0.15) is 0 Å². The summed E-state index contributed by atoms with van der Waals surface area (Å²) < 4.78 is 41.8. The van der Waals surface area contributed by atoms with Crippen molar-refractivity contribution < 1.29 is 57.1 Å². The standard InChI is InChI=1S/C15H24O6.C11H18O4.C4H7BrO2.CH4/c1-3-19-13(17)14(5-4-12(16)18-2)6-8-15(9-7-14)20-10-11-21-15;1-2-13-10(12)9-3-5-11(6-4-9)14-7-8-15-11;1-7-4(6)2-3-5;/h3-11H2,1-2H3;9H,2-8H2,1H3;2-3H2,1H3;1H4. The van der Waals surface area contributed by atoms with Crippen LogP contribution in [0.3, 0.4) is 0 Å². The van der Waals surface area contributed by atoms with Gasteiger partial charge in [0, 0.05) is 37.4 Å². The van der Waals surface area contributed by atoms with Crippen LogP contribution in [0.15, 0.2) is 0 Å². The maximum Gasteiger partial charge on any atom is 0.312 e. The highest BCUT2D eigenvalue weighted by atomic mass is 79.9.